The zero-order valence-electron chi connectivity index (χ0n) is 14.4. The Labute approximate surface area is 134 Å². The molecule has 4 heteroatoms. The average molecular weight is 307 g/mol. The van der Waals surface area contributed by atoms with E-state index in [0.29, 0.717) is 17.5 Å². The van der Waals surface area contributed by atoms with Crippen LogP contribution >= 0.6 is 0 Å². The van der Waals surface area contributed by atoms with Crippen LogP contribution in [0, 0.1) is 0 Å². The van der Waals surface area contributed by atoms with Crippen LogP contribution in [0.3, 0.4) is 0 Å². The van der Waals surface area contributed by atoms with Gasteiger partial charge in [-0.3, -0.25) is 0 Å². The number of aliphatic hydroxyl groups excluding tert-OH is 1. The van der Waals surface area contributed by atoms with Crippen molar-refractivity contribution in [2.75, 3.05) is 0 Å². The maximum Gasteiger partial charge on any atom is 0.357 e. The van der Waals surface area contributed by atoms with E-state index in [0.717, 1.165) is 12.8 Å². The zero-order chi connectivity index (χ0) is 16.7. The number of unbranched alkanes of at least 4 members (excludes halogenated alkanes) is 1. The Balaban J connectivity index is 2.93. The van der Waals surface area contributed by atoms with Gasteiger partial charge in [0.1, 0.15) is 0 Å². The number of benzene rings is 1. The molecule has 0 aromatic heterocycles. The SMILES string of the molecule is CCCCC(O)c1ccccc1C(=O)ON(C(C)C)C(C)C. The Morgan fingerprint density at radius 1 is 1.18 bits per heavy atom. The standard InChI is InChI=1S/C18H29NO3/c1-6-7-12-17(20)15-10-8-9-11-16(15)18(21)22-19(13(2)3)14(4)5/h8-11,13-14,17,20H,6-7,12H2,1-5H3. The number of hydrogen-bond acceptors (Lipinski definition) is 4. The van der Waals surface area contributed by atoms with Gasteiger partial charge >= 0.3 is 5.97 Å². The summed E-state index contributed by atoms with van der Waals surface area (Å²) in [6.07, 6.45) is 1.96. The summed E-state index contributed by atoms with van der Waals surface area (Å²) in [6.45, 7) is 10.0. The monoisotopic (exact) mass is 307 g/mol. The van der Waals surface area contributed by atoms with Crippen LogP contribution in [0.4, 0.5) is 0 Å². The molecule has 0 aliphatic heterocycles. The highest BCUT2D eigenvalue weighted by molar-refractivity contribution is 5.91. The van der Waals surface area contributed by atoms with E-state index < -0.39 is 12.1 Å². The van der Waals surface area contributed by atoms with Crippen molar-refractivity contribution in [3.63, 3.8) is 0 Å². The third kappa shape index (κ3) is 5.11. The molecule has 0 heterocycles. The largest absolute Gasteiger partial charge is 0.388 e. The quantitative estimate of drug-likeness (QED) is 0.735. The van der Waals surface area contributed by atoms with E-state index in [1.165, 1.54) is 0 Å². The maximum atomic E-state index is 12.5. The number of carbonyl (C=O) groups excluding carboxylic acids is 1. The zero-order valence-corrected chi connectivity index (χ0v) is 14.4. The summed E-state index contributed by atoms with van der Waals surface area (Å²) < 4.78 is 0. The number of rotatable bonds is 8. The van der Waals surface area contributed by atoms with E-state index in [9.17, 15) is 9.90 Å². The third-order valence-corrected chi connectivity index (χ3v) is 3.58. The fraction of sp³-hybridized carbons (Fsp3) is 0.611. The molecule has 124 valence electrons. The molecule has 0 saturated heterocycles. The molecular weight excluding hydrogens is 278 g/mol. The molecule has 0 spiro atoms. The molecule has 22 heavy (non-hydrogen) atoms. The minimum atomic E-state index is -0.629. The van der Waals surface area contributed by atoms with E-state index in [1.54, 1.807) is 23.3 Å². The van der Waals surface area contributed by atoms with Crippen molar-refractivity contribution in [3.05, 3.63) is 35.4 Å². The highest BCUT2D eigenvalue weighted by Gasteiger charge is 2.23. The molecule has 4 nitrogen and oxygen atoms in total. The second-order valence-corrected chi connectivity index (χ2v) is 6.17. The fourth-order valence-corrected chi connectivity index (χ4v) is 2.48. The van der Waals surface area contributed by atoms with Crippen molar-refractivity contribution in [2.45, 2.75) is 72.1 Å². The lowest BCUT2D eigenvalue weighted by Gasteiger charge is -2.28. The van der Waals surface area contributed by atoms with Crippen molar-refractivity contribution in [2.24, 2.45) is 0 Å². The molecule has 0 fully saturated rings. The third-order valence-electron chi connectivity index (χ3n) is 3.58. The normalized spacial score (nSPS) is 13.0. The molecule has 0 aliphatic rings. The second-order valence-electron chi connectivity index (χ2n) is 6.17. The highest BCUT2D eigenvalue weighted by Crippen LogP contribution is 2.24. The summed E-state index contributed by atoms with van der Waals surface area (Å²) in [6, 6.07) is 7.34. The predicted octanol–water partition coefficient (Wildman–Crippen LogP) is 4.10. The van der Waals surface area contributed by atoms with Gasteiger partial charge in [0.2, 0.25) is 0 Å². The van der Waals surface area contributed by atoms with E-state index in [-0.39, 0.29) is 12.1 Å². The van der Waals surface area contributed by atoms with Gasteiger partial charge in [-0.1, -0.05) is 38.0 Å². The summed E-state index contributed by atoms with van der Waals surface area (Å²) in [7, 11) is 0. The van der Waals surface area contributed by atoms with Gasteiger partial charge in [-0.25, -0.2) is 4.79 Å². The number of carbonyl (C=O) groups is 1. The van der Waals surface area contributed by atoms with Crippen LogP contribution in [-0.2, 0) is 4.84 Å². The van der Waals surface area contributed by atoms with Crippen LogP contribution in [0.15, 0.2) is 24.3 Å². The second kappa shape index (κ2) is 8.91. The lowest BCUT2D eigenvalue weighted by Crippen LogP contribution is -2.39. The van der Waals surface area contributed by atoms with Gasteiger partial charge < -0.3 is 9.94 Å². The van der Waals surface area contributed by atoms with Crippen LogP contribution in [0.1, 0.15) is 75.9 Å². The first-order valence-electron chi connectivity index (χ1n) is 8.16. The lowest BCUT2D eigenvalue weighted by atomic mass is 9.99. The summed E-state index contributed by atoms with van der Waals surface area (Å²) in [5.74, 6) is -0.409. The summed E-state index contributed by atoms with van der Waals surface area (Å²) in [4.78, 5) is 18.0. The van der Waals surface area contributed by atoms with Gasteiger partial charge in [0.25, 0.3) is 0 Å². The topological polar surface area (TPSA) is 49.8 Å². The van der Waals surface area contributed by atoms with E-state index >= 15 is 0 Å². The molecule has 1 atom stereocenters. The molecular formula is C18H29NO3. The summed E-state index contributed by atoms with van der Waals surface area (Å²) in [5, 5.41) is 12.0. The van der Waals surface area contributed by atoms with Crippen molar-refractivity contribution >= 4 is 5.97 Å². The van der Waals surface area contributed by atoms with Gasteiger partial charge in [-0.2, -0.15) is 0 Å². The van der Waals surface area contributed by atoms with Crippen molar-refractivity contribution < 1.29 is 14.7 Å². The average Bonchev–Trinajstić information content (AvgIpc) is 2.49. The predicted molar refractivity (Wildman–Crippen MR) is 88.5 cm³/mol. The minimum Gasteiger partial charge on any atom is -0.388 e. The highest BCUT2D eigenvalue weighted by atomic mass is 16.7. The molecule has 1 aromatic carbocycles. The van der Waals surface area contributed by atoms with Gasteiger partial charge in [-0.15, -0.1) is 5.06 Å². The number of nitrogens with zero attached hydrogens (tertiary/aromatic N) is 1. The maximum absolute atomic E-state index is 12.5. The Morgan fingerprint density at radius 2 is 1.77 bits per heavy atom. The van der Waals surface area contributed by atoms with Crippen molar-refractivity contribution in [1.29, 1.82) is 0 Å². The van der Waals surface area contributed by atoms with Crippen LogP contribution in [-0.4, -0.2) is 28.2 Å². The Bertz CT molecular complexity index is 463. The van der Waals surface area contributed by atoms with Crippen LogP contribution in [0.2, 0.25) is 0 Å². The van der Waals surface area contributed by atoms with E-state index in [1.807, 2.05) is 33.8 Å². The summed E-state index contributed by atoms with van der Waals surface area (Å²) in [5.41, 5.74) is 1.09. The first-order chi connectivity index (χ1) is 10.4. The number of hydroxylamine groups is 2. The Hall–Kier alpha value is -1.39. The minimum absolute atomic E-state index is 0.0983. The van der Waals surface area contributed by atoms with E-state index in [2.05, 4.69) is 6.92 Å². The van der Waals surface area contributed by atoms with E-state index in [4.69, 9.17) is 4.84 Å². The number of aliphatic hydroxyl groups is 1. The summed E-state index contributed by atoms with van der Waals surface area (Å²) >= 11 is 0. The number of hydrogen-bond donors (Lipinski definition) is 1. The van der Waals surface area contributed by atoms with Gasteiger partial charge in [-0.05, 0) is 45.7 Å². The smallest absolute Gasteiger partial charge is 0.357 e. The molecule has 0 amide bonds. The molecule has 1 aromatic rings. The van der Waals surface area contributed by atoms with Crippen LogP contribution < -0.4 is 0 Å². The molecule has 0 saturated carbocycles. The van der Waals surface area contributed by atoms with Crippen molar-refractivity contribution in [1.82, 2.24) is 5.06 Å². The first-order valence-corrected chi connectivity index (χ1v) is 8.16. The first kappa shape index (κ1) is 18.7. The van der Waals surface area contributed by atoms with Gasteiger partial charge in [0.05, 0.1) is 11.7 Å². The molecule has 1 N–H and O–H groups in total. The van der Waals surface area contributed by atoms with Gasteiger partial charge in [0.15, 0.2) is 0 Å². The Kier molecular flexibility index (Phi) is 7.56. The molecule has 1 rings (SSSR count). The lowest BCUT2D eigenvalue weighted by molar-refractivity contribution is -0.151. The van der Waals surface area contributed by atoms with Crippen LogP contribution in [0.25, 0.3) is 0 Å². The fourth-order valence-electron chi connectivity index (χ4n) is 2.48. The Morgan fingerprint density at radius 3 is 2.32 bits per heavy atom. The molecule has 0 bridgehead atoms. The van der Waals surface area contributed by atoms with Crippen LogP contribution in [0.5, 0.6) is 0 Å². The molecule has 0 aliphatic carbocycles. The molecule has 0 radical (unpaired) electrons. The van der Waals surface area contributed by atoms with Gasteiger partial charge in [0, 0.05) is 12.1 Å². The van der Waals surface area contributed by atoms with Crippen molar-refractivity contribution in [3.8, 4) is 0 Å². The molecule has 1 unspecified atom stereocenters.